The molecule has 0 aliphatic heterocycles. The molecule has 0 heterocycles. The van der Waals surface area contributed by atoms with Crippen molar-refractivity contribution < 1.29 is 21.7 Å². The van der Waals surface area contributed by atoms with Crippen LogP contribution in [-0.2, 0) is 21.7 Å². The van der Waals surface area contributed by atoms with Crippen molar-refractivity contribution in [1.29, 1.82) is 0 Å². The minimum absolute atomic E-state index is 0. The van der Waals surface area contributed by atoms with Gasteiger partial charge in [0.1, 0.15) is 0 Å². The van der Waals surface area contributed by atoms with Gasteiger partial charge in [-0.05, 0) is 11.0 Å². The molecule has 25 valence electrons. The molecule has 4 heavy (non-hydrogen) atoms. The summed E-state index contributed by atoms with van der Waals surface area (Å²) in [7, 11) is 0. The number of hydrogen-bond donors (Lipinski definition) is 0. The van der Waals surface area contributed by atoms with Crippen molar-refractivity contribution in [2.24, 2.45) is 0 Å². The molecule has 0 rings (SSSR count). The second kappa shape index (κ2) is 39.0. The summed E-state index contributed by atoms with van der Waals surface area (Å²) in [5, 5.41) is 0. The van der Waals surface area contributed by atoms with Gasteiger partial charge in [-0.3, -0.25) is 0 Å². The molecular weight excluding hydrogens is 100.0 g/mol. The van der Waals surface area contributed by atoms with Gasteiger partial charge in [0.2, 0.25) is 0 Å². The van der Waals surface area contributed by atoms with Crippen LogP contribution in [0.15, 0.2) is 0 Å². The largest absolute Gasteiger partial charge is 2.00 e. The molecule has 0 unspecified atom stereocenters. The van der Waals surface area contributed by atoms with Crippen LogP contribution < -0.4 is 0 Å². The van der Waals surface area contributed by atoms with Crippen LogP contribution in [0.5, 0.6) is 0 Å². The van der Waals surface area contributed by atoms with E-state index in [1.54, 1.807) is 0 Å². The van der Waals surface area contributed by atoms with E-state index in [0.29, 0.717) is 0 Å². The molecule has 0 bridgehead atoms. The predicted molar refractivity (Wildman–Crippen MR) is 22.8 cm³/mol. The van der Waals surface area contributed by atoms with Gasteiger partial charge in [0, 0.05) is 0 Å². The van der Waals surface area contributed by atoms with Crippen LogP contribution in [0.4, 0.5) is 0 Å². The van der Waals surface area contributed by atoms with Crippen molar-refractivity contribution in [1.82, 2.24) is 0 Å². The summed E-state index contributed by atoms with van der Waals surface area (Å²) in [6, 6.07) is 0. The van der Waals surface area contributed by atoms with E-state index >= 15 is 0 Å². The van der Waals surface area contributed by atoms with Crippen LogP contribution in [-0.4, -0.2) is 11.0 Å². The third-order valence-corrected chi connectivity index (χ3v) is 0. The van der Waals surface area contributed by atoms with E-state index in [4.69, 9.17) is 0 Å². The molecule has 0 aromatic rings. The van der Waals surface area contributed by atoms with E-state index in [1.807, 2.05) is 0 Å². The number of rotatable bonds is 0. The predicted octanol–water partition coefficient (Wildman–Crippen LogP) is -0.286. The summed E-state index contributed by atoms with van der Waals surface area (Å²) in [5.41, 5.74) is 0. The van der Waals surface area contributed by atoms with Crippen LogP contribution in [0.3, 0.4) is 0 Å². The zero-order chi connectivity index (χ0) is 0. The van der Waals surface area contributed by atoms with Gasteiger partial charge >= 0.3 is 21.7 Å². The van der Waals surface area contributed by atoms with Crippen LogP contribution in [0.1, 0.15) is 0 Å². The van der Waals surface area contributed by atoms with Crippen LogP contribution in [0.2, 0.25) is 0 Å². The quantitative estimate of drug-likeness (QED) is 0.296. The standard InChI is InChI=1S/2CH3.H3Si.Ti/h3*1H3;/q2*-1;;+2. The molecule has 0 saturated heterocycles. The van der Waals surface area contributed by atoms with Crippen LogP contribution in [0, 0.1) is 14.9 Å². The molecule has 0 fully saturated rings. The first-order valence-corrected chi connectivity index (χ1v) is 0. The van der Waals surface area contributed by atoms with E-state index in [0.717, 1.165) is 0 Å². The summed E-state index contributed by atoms with van der Waals surface area (Å²) in [5.74, 6) is 0. The maximum absolute atomic E-state index is 0. The van der Waals surface area contributed by atoms with Crippen molar-refractivity contribution in [2.45, 2.75) is 0 Å². The molecule has 2 heteroatoms. The van der Waals surface area contributed by atoms with E-state index < -0.39 is 0 Å². The fourth-order valence-electron chi connectivity index (χ4n) is 0. The van der Waals surface area contributed by atoms with Crippen molar-refractivity contribution in [3.63, 3.8) is 0 Å². The normalized spacial score (nSPS) is 0. The molecule has 0 N–H and O–H groups in total. The third kappa shape index (κ3) is 12.6. The Labute approximate surface area is 47.9 Å². The molecule has 0 saturated carbocycles. The Morgan fingerprint density at radius 2 is 0.750 bits per heavy atom. The van der Waals surface area contributed by atoms with Crippen molar-refractivity contribution in [3.8, 4) is 0 Å². The molecular formula is C2H9SiTi. The summed E-state index contributed by atoms with van der Waals surface area (Å²) in [4.78, 5) is 0. The topological polar surface area (TPSA) is 0 Å². The summed E-state index contributed by atoms with van der Waals surface area (Å²) in [6.07, 6.45) is 0. The molecule has 0 aliphatic rings. The molecule has 0 spiro atoms. The van der Waals surface area contributed by atoms with Crippen LogP contribution >= 0.6 is 0 Å². The summed E-state index contributed by atoms with van der Waals surface area (Å²) < 4.78 is 0. The fraction of sp³-hybridized carbons (Fsp3) is 0. The Hall–Kier alpha value is 0.931. The van der Waals surface area contributed by atoms with E-state index in [-0.39, 0.29) is 47.5 Å². The Kier molecular flexibility index (Phi) is 856. The maximum Gasteiger partial charge on any atom is 2.00 e. The van der Waals surface area contributed by atoms with Gasteiger partial charge in [-0.25, -0.2) is 0 Å². The first-order chi connectivity index (χ1) is 0. The molecule has 1 radical (unpaired) electrons. The summed E-state index contributed by atoms with van der Waals surface area (Å²) in [6.45, 7) is 0. The Balaban J connectivity index is 0. The zero-order valence-electron chi connectivity index (χ0n) is 3.50. The molecule has 0 aromatic heterocycles. The third-order valence-electron chi connectivity index (χ3n) is 0. The van der Waals surface area contributed by atoms with Gasteiger partial charge in [0.25, 0.3) is 0 Å². The van der Waals surface area contributed by atoms with Gasteiger partial charge in [-0.15, -0.1) is 0 Å². The smallest absolute Gasteiger partial charge is 0.358 e. The maximum atomic E-state index is 0. The Morgan fingerprint density at radius 3 is 0.750 bits per heavy atom. The van der Waals surface area contributed by atoms with Gasteiger partial charge in [0.15, 0.2) is 0 Å². The molecule has 0 aromatic carbocycles. The Bertz CT molecular complexity index is 6.00. The second-order valence-corrected chi connectivity index (χ2v) is 0. The van der Waals surface area contributed by atoms with Gasteiger partial charge < -0.3 is 14.9 Å². The minimum Gasteiger partial charge on any atom is -0.358 e. The minimum atomic E-state index is 0. The Morgan fingerprint density at radius 1 is 0.750 bits per heavy atom. The second-order valence-electron chi connectivity index (χ2n) is 0. The van der Waals surface area contributed by atoms with Gasteiger partial charge in [-0.1, -0.05) is 0 Å². The van der Waals surface area contributed by atoms with Crippen molar-refractivity contribution in [3.05, 3.63) is 14.9 Å². The first-order valence-electron chi connectivity index (χ1n) is 0. The molecule has 0 nitrogen and oxygen atoms in total. The van der Waals surface area contributed by atoms with E-state index in [9.17, 15) is 0 Å². The summed E-state index contributed by atoms with van der Waals surface area (Å²) >= 11 is 0. The fourth-order valence-corrected chi connectivity index (χ4v) is 0. The average Bonchev–Trinajstić information content (AvgIpc) is 0. The SMILES string of the molecule is [CH3-].[CH3-].[SiH3].[Ti+2]. The molecule has 0 amide bonds. The van der Waals surface area contributed by atoms with E-state index in [1.165, 1.54) is 0 Å². The van der Waals surface area contributed by atoms with Crippen LogP contribution in [0.25, 0.3) is 0 Å². The van der Waals surface area contributed by atoms with E-state index in [2.05, 4.69) is 0 Å². The molecule has 0 aliphatic carbocycles. The zero-order valence-corrected chi connectivity index (χ0v) is 7.06. The monoisotopic (exact) mass is 109 g/mol. The van der Waals surface area contributed by atoms with Gasteiger partial charge in [-0.2, -0.15) is 0 Å². The number of hydrogen-bond acceptors (Lipinski definition) is 0. The average molecular weight is 109 g/mol. The van der Waals surface area contributed by atoms with Gasteiger partial charge in [0.05, 0.1) is 0 Å². The van der Waals surface area contributed by atoms with Crippen molar-refractivity contribution >= 4 is 11.0 Å². The van der Waals surface area contributed by atoms with Crippen molar-refractivity contribution in [2.75, 3.05) is 0 Å². The molecule has 0 atom stereocenters. The first kappa shape index (κ1) is 87.9.